The third kappa shape index (κ3) is 5.17. The smallest absolute Gasteiger partial charge is 0.374 e. The SMILES string of the molecule is Cc1csc(C(O)(CC(=O)NCC(=O)NC(C)C)C(F)(F)F)n1. The Kier molecular flexibility index (Phi) is 6.11. The number of hydrogen-bond donors (Lipinski definition) is 3. The van der Waals surface area contributed by atoms with E-state index in [4.69, 9.17) is 0 Å². The fourth-order valence-corrected chi connectivity index (χ4v) is 2.60. The van der Waals surface area contributed by atoms with Crippen molar-refractivity contribution in [1.82, 2.24) is 15.6 Å². The van der Waals surface area contributed by atoms with E-state index in [0.29, 0.717) is 17.0 Å². The van der Waals surface area contributed by atoms with E-state index in [1.54, 1.807) is 13.8 Å². The van der Waals surface area contributed by atoms with Crippen LogP contribution in [0, 0.1) is 6.92 Å². The highest BCUT2D eigenvalue weighted by Gasteiger charge is 2.58. The molecule has 23 heavy (non-hydrogen) atoms. The second-order valence-electron chi connectivity index (χ2n) is 5.33. The predicted molar refractivity (Wildman–Crippen MR) is 77.7 cm³/mol. The number of rotatable bonds is 6. The first-order valence-electron chi connectivity index (χ1n) is 6.73. The molecule has 0 radical (unpaired) electrons. The molecule has 130 valence electrons. The number of amides is 2. The number of halogens is 3. The number of nitrogens with zero attached hydrogens (tertiary/aromatic N) is 1. The van der Waals surface area contributed by atoms with Gasteiger partial charge in [-0.1, -0.05) is 0 Å². The summed E-state index contributed by atoms with van der Waals surface area (Å²) in [6, 6.07) is -0.162. The topological polar surface area (TPSA) is 91.3 Å². The number of carbonyl (C=O) groups is 2. The molecule has 0 saturated heterocycles. The van der Waals surface area contributed by atoms with Gasteiger partial charge in [0.1, 0.15) is 5.01 Å². The van der Waals surface area contributed by atoms with Crippen molar-refractivity contribution < 1.29 is 27.9 Å². The zero-order chi connectivity index (χ0) is 17.8. The lowest BCUT2D eigenvalue weighted by Crippen LogP contribution is -2.47. The Bertz CT molecular complexity index is 574. The summed E-state index contributed by atoms with van der Waals surface area (Å²) in [7, 11) is 0. The Balaban J connectivity index is 2.79. The molecule has 2 amide bonds. The van der Waals surface area contributed by atoms with Crippen molar-refractivity contribution in [3.8, 4) is 0 Å². The van der Waals surface area contributed by atoms with Crippen molar-refractivity contribution in [1.29, 1.82) is 0 Å². The second-order valence-corrected chi connectivity index (χ2v) is 6.19. The third-order valence-corrected chi connectivity index (χ3v) is 3.87. The van der Waals surface area contributed by atoms with Crippen LogP contribution < -0.4 is 10.6 Å². The summed E-state index contributed by atoms with van der Waals surface area (Å²) in [6.45, 7) is 4.41. The van der Waals surface area contributed by atoms with E-state index in [1.165, 1.54) is 12.3 Å². The fraction of sp³-hybridized carbons (Fsp3) is 0.615. The molecule has 0 aromatic carbocycles. The minimum absolute atomic E-state index is 0.162. The number of aryl methyl sites for hydroxylation is 1. The Morgan fingerprint density at radius 2 is 1.96 bits per heavy atom. The molecular weight excluding hydrogens is 335 g/mol. The van der Waals surface area contributed by atoms with E-state index in [9.17, 15) is 27.9 Å². The molecule has 1 atom stereocenters. The van der Waals surface area contributed by atoms with Gasteiger partial charge >= 0.3 is 6.18 Å². The standard InChI is InChI=1S/C13H18F3N3O3S/c1-7(2)18-10(21)5-17-9(20)4-12(22,13(14,15)16)11-19-8(3)6-23-11/h6-7,22H,4-5H2,1-3H3,(H,17,20)(H,18,21). The lowest BCUT2D eigenvalue weighted by atomic mass is 9.99. The van der Waals surface area contributed by atoms with Gasteiger partial charge in [0.05, 0.1) is 13.0 Å². The zero-order valence-electron chi connectivity index (χ0n) is 12.8. The predicted octanol–water partition coefficient (Wildman–Crippen LogP) is 1.23. The van der Waals surface area contributed by atoms with Crippen molar-refractivity contribution in [3.05, 3.63) is 16.1 Å². The van der Waals surface area contributed by atoms with Crippen LogP contribution >= 0.6 is 11.3 Å². The van der Waals surface area contributed by atoms with Gasteiger partial charge in [0.15, 0.2) is 0 Å². The zero-order valence-corrected chi connectivity index (χ0v) is 13.6. The van der Waals surface area contributed by atoms with Crippen LogP contribution in [0.4, 0.5) is 13.2 Å². The van der Waals surface area contributed by atoms with E-state index in [-0.39, 0.29) is 6.04 Å². The van der Waals surface area contributed by atoms with Gasteiger partial charge in [-0.15, -0.1) is 11.3 Å². The molecule has 0 aliphatic carbocycles. The van der Waals surface area contributed by atoms with Crippen LogP contribution in [0.2, 0.25) is 0 Å². The van der Waals surface area contributed by atoms with Crippen LogP contribution in [0.3, 0.4) is 0 Å². The fourth-order valence-electron chi connectivity index (χ4n) is 1.69. The van der Waals surface area contributed by atoms with Crippen LogP contribution in [0.25, 0.3) is 0 Å². The molecule has 1 heterocycles. The lowest BCUT2D eigenvalue weighted by Gasteiger charge is -2.27. The summed E-state index contributed by atoms with van der Waals surface area (Å²) in [6.07, 6.45) is -6.34. The number of aromatic nitrogens is 1. The highest BCUT2D eigenvalue weighted by molar-refractivity contribution is 7.09. The normalized spacial score (nSPS) is 14.4. The highest BCUT2D eigenvalue weighted by atomic mass is 32.1. The van der Waals surface area contributed by atoms with Gasteiger partial charge in [0.2, 0.25) is 17.4 Å². The van der Waals surface area contributed by atoms with Crippen LogP contribution in [0.5, 0.6) is 0 Å². The average Bonchev–Trinajstić information content (AvgIpc) is 2.81. The van der Waals surface area contributed by atoms with E-state index < -0.39 is 41.6 Å². The molecule has 0 bridgehead atoms. The molecule has 1 unspecified atom stereocenters. The molecular formula is C13H18F3N3O3S. The number of thiazole rings is 1. The maximum absolute atomic E-state index is 13.2. The van der Waals surface area contributed by atoms with Gasteiger partial charge in [-0.2, -0.15) is 13.2 Å². The van der Waals surface area contributed by atoms with Gasteiger partial charge in [0.25, 0.3) is 0 Å². The van der Waals surface area contributed by atoms with Crippen LogP contribution in [0.1, 0.15) is 31.0 Å². The molecule has 3 N–H and O–H groups in total. The number of alkyl halides is 3. The highest BCUT2D eigenvalue weighted by Crippen LogP contribution is 2.42. The quantitative estimate of drug-likeness (QED) is 0.717. The monoisotopic (exact) mass is 353 g/mol. The van der Waals surface area contributed by atoms with Gasteiger partial charge in [-0.25, -0.2) is 4.98 Å². The van der Waals surface area contributed by atoms with E-state index in [1.807, 2.05) is 0 Å². The van der Waals surface area contributed by atoms with Crippen molar-refractivity contribution in [2.45, 2.75) is 45.0 Å². The Hall–Kier alpha value is -1.68. The first kappa shape index (κ1) is 19.4. The maximum Gasteiger partial charge on any atom is 0.424 e. The van der Waals surface area contributed by atoms with Crippen molar-refractivity contribution in [2.24, 2.45) is 0 Å². The molecule has 0 saturated carbocycles. The van der Waals surface area contributed by atoms with Crippen molar-refractivity contribution >= 4 is 23.2 Å². The minimum Gasteiger partial charge on any atom is -0.374 e. The average molecular weight is 353 g/mol. The Labute approximate surface area is 135 Å². The third-order valence-electron chi connectivity index (χ3n) is 2.75. The molecule has 1 aromatic rings. The number of nitrogens with one attached hydrogen (secondary N) is 2. The first-order chi connectivity index (χ1) is 10.5. The lowest BCUT2D eigenvalue weighted by molar-refractivity contribution is -0.267. The van der Waals surface area contributed by atoms with Gasteiger partial charge in [0, 0.05) is 17.1 Å². The van der Waals surface area contributed by atoms with Crippen LogP contribution in [0.15, 0.2) is 5.38 Å². The summed E-state index contributed by atoms with van der Waals surface area (Å²) in [5, 5.41) is 15.3. The van der Waals surface area contributed by atoms with E-state index >= 15 is 0 Å². The van der Waals surface area contributed by atoms with Crippen molar-refractivity contribution in [2.75, 3.05) is 6.54 Å². The second kappa shape index (κ2) is 7.26. The van der Waals surface area contributed by atoms with Crippen molar-refractivity contribution in [3.63, 3.8) is 0 Å². The number of carbonyl (C=O) groups excluding carboxylic acids is 2. The summed E-state index contributed by atoms with van der Waals surface area (Å²) in [4.78, 5) is 26.7. The van der Waals surface area contributed by atoms with Gasteiger partial charge < -0.3 is 15.7 Å². The summed E-state index contributed by atoms with van der Waals surface area (Å²) < 4.78 is 39.6. The summed E-state index contributed by atoms with van der Waals surface area (Å²) >= 11 is 0.618. The summed E-state index contributed by atoms with van der Waals surface area (Å²) in [5.41, 5.74) is -3.07. The summed E-state index contributed by atoms with van der Waals surface area (Å²) in [5.74, 6) is -1.63. The van der Waals surface area contributed by atoms with E-state index in [2.05, 4.69) is 15.6 Å². The minimum atomic E-state index is -5.07. The molecule has 0 fully saturated rings. The molecule has 0 aliphatic rings. The first-order valence-corrected chi connectivity index (χ1v) is 7.61. The Morgan fingerprint density at radius 3 is 2.39 bits per heavy atom. The molecule has 1 aromatic heterocycles. The maximum atomic E-state index is 13.2. The number of aliphatic hydroxyl groups is 1. The molecule has 0 spiro atoms. The van der Waals surface area contributed by atoms with Gasteiger partial charge in [-0.3, -0.25) is 9.59 Å². The number of hydrogen-bond acceptors (Lipinski definition) is 5. The molecule has 10 heteroatoms. The Morgan fingerprint density at radius 1 is 1.35 bits per heavy atom. The van der Waals surface area contributed by atoms with Gasteiger partial charge in [-0.05, 0) is 20.8 Å². The van der Waals surface area contributed by atoms with E-state index in [0.717, 1.165) is 0 Å². The van der Waals surface area contributed by atoms with Crippen LogP contribution in [-0.4, -0.2) is 40.7 Å². The molecule has 6 nitrogen and oxygen atoms in total. The molecule has 0 aliphatic heterocycles. The molecule has 1 rings (SSSR count). The largest absolute Gasteiger partial charge is 0.424 e. The van der Waals surface area contributed by atoms with Crippen LogP contribution in [-0.2, 0) is 15.2 Å².